The molecule has 2 fully saturated rings. The molecule has 2 aliphatic rings. The first-order valence-corrected chi connectivity index (χ1v) is 5.17. The molecule has 0 N–H and O–H groups in total. The SMILES string of the molecule is CC1CCN([C@@H]2CCN(C)C2)C1=O. The van der Waals surface area contributed by atoms with Gasteiger partial charge in [-0.15, -0.1) is 0 Å². The number of likely N-dealkylation sites (N-methyl/N-ethyl adjacent to an activating group) is 1. The molecule has 2 saturated heterocycles. The van der Waals surface area contributed by atoms with Crippen molar-refractivity contribution in [3.05, 3.63) is 0 Å². The fourth-order valence-electron chi connectivity index (χ4n) is 2.38. The van der Waals surface area contributed by atoms with Crippen molar-refractivity contribution in [2.75, 3.05) is 26.7 Å². The summed E-state index contributed by atoms with van der Waals surface area (Å²) in [5, 5.41) is 0. The van der Waals surface area contributed by atoms with Crippen LogP contribution in [0.2, 0.25) is 0 Å². The maximum absolute atomic E-state index is 11.7. The third kappa shape index (κ3) is 1.57. The van der Waals surface area contributed by atoms with Gasteiger partial charge < -0.3 is 9.80 Å². The lowest BCUT2D eigenvalue weighted by molar-refractivity contribution is -0.132. The van der Waals surface area contributed by atoms with Gasteiger partial charge in [0.15, 0.2) is 0 Å². The number of hydrogen-bond acceptors (Lipinski definition) is 2. The molecule has 0 aliphatic carbocycles. The number of hydrogen-bond donors (Lipinski definition) is 0. The van der Waals surface area contributed by atoms with Crippen molar-refractivity contribution >= 4 is 5.91 Å². The Hall–Kier alpha value is -0.570. The number of likely N-dealkylation sites (tertiary alicyclic amines) is 2. The smallest absolute Gasteiger partial charge is 0.225 e. The van der Waals surface area contributed by atoms with Crippen LogP contribution >= 0.6 is 0 Å². The van der Waals surface area contributed by atoms with Crippen LogP contribution in [-0.4, -0.2) is 48.4 Å². The molecule has 13 heavy (non-hydrogen) atoms. The molecule has 2 atom stereocenters. The lowest BCUT2D eigenvalue weighted by Gasteiger charge is -2.23. The lowest BCUT2D eigenvalue weighted by Crippen LogP contribution is -2.38. The number of rotatable bonds is 1. The van der Waals surface area contributed by atoms with Gasteiger partial charge in [-0.1, -0.05) is 6.92 Å². The van der Waals surface area contributed by atoms with Crippen LogP contribution < -0.4 is 0 Å². The number of carbonyl (C=O) groups excluding carboxylic acids is 1. The van der Waals surface area contributed by atoms with Crippen molar-refractivity contribution in [1.82, 2.24) is 9.80 Å². The first-order chi connectivity index (χ1) is 6.18. The maximum Gasteiger partial charge on any atom is 0.225 e. The summed E-state index contributed by atoms with van der Waals surface area (Å²) in [4.78, 5) is 16.1. The molecule has 0 aromatic carbocycles. The Morgan fingerprint density at radius 3 is 2.54 bits per heavy atom. The highest BCUT2D eigenvalue weighted by Crippen LogP contribution is 2.23. The van der Waals surface area contributed by atoms with E-state index in [1.807, 2.05) is 6.92 Å². The Bertz CT molecular complexity index is 217. The van der Waals surface area contributed by atoms with Crippen molar-refractivity contribution in [2.24, 2.45) is 5.92 Å². The third-order valence-corrected chi connectivity index (χ3v) is 3.31. The molecule has 0 spiro atoms. The van der Waals surface area contributed by atoms with E-state index in [1.54, 1.807) is 0 Å². The van der Waals surface area contributed by atoms with Crippen LogP contribution in [0.3, 0.4) is 0 Å². The molecule has 1 unspecified atom stereocenters. The summed E-state index contributed by atoms with van der Waals surface area (Å²) < 4.78 is 0. The molecular formula is C10H18N2O. The lowest BCUT2D eigenvalue weighted by atomic mass is 10.1. The van der Waals surface area contributed by atoms with Crippen LogP contribution in [0.15, 0.2) is 0 Å². The second-order valence-corrected chi connectivity index (χ2v) is 4.43. The molecule has 0 bridgehead atoms. The molecular weight excluding hydrogens is 164 g/mol. The van der Waals surface area contributed by atoms with Crippen LogP contribution in [0.4, 0.5) is 0 Å². The summed E-state index contributed by atoms with van der Waals surface area (Å²) in [6, 6.07) is 0.502. The minimum atomic E-state index is 0.269. The summed E-state index contributed by atoms with van der Waals surface area (Å²) in [5.41, 5.74) is 0. The minimum absolute atomic E-state index is 0.269. The molecule has 2 rings (SSSR count). The molecule has 2 heterocycles. The van der Waals surface area contributed by atoms with Crippen LogP contribution in [0.5, 0.6) is 0 Å². The van der Waals surface area contributed by atoms with Crippen LogP contribution in [0.25, 0.3) is 0 Å². The highest BCUT2D eigenvalue weighted by Gasteiger charge is 2.35. The Morgan fingerprint density at radius 1 is 1.31 bits per heavy atom. The first-order valence-electron chi connectivity index (χ1n) is 5.17. The predicted molar refractivity (Wildman–Crippen MR) is 51.4 cm³/mol. The standard InChI is InChI=1S/C10H18N2O/c1-8-3-6-12(10(8)13)9-4-5-11(2)7-9/h8-9H,3-7H2,1-2H3/t8?,9-/m1/s1. The number of nitrogens with zero attached hydrogens (tertiary/aromatic N) is 2. The molecule has 0 saturated carbocycles. The summed E-state index contributed by atoms with van der Waals surface area (Å²) in [6.45, 7) is 5.24. The number of carbonyl (C=O) groups is 1. The van der Waals surface area contributed by atoms with E-state index >= 15 is 0 Å². The van der Waals surface area contributed by atoms with Crippen molar-refractivity contribution in [2.45, 2.75) is 25.8 Å². The largest absolute Gasteiger partial charge is 0.338 e. The summed E-state index contributed by atoms with van der Waals surface area (Å²) in [6.07, 6.45) is 2.22. The average Bonchev–Trinajstić information content (AvgIpc) is 2.62. The van der Waals surface area contributed by atoms with Crippen LogP contribution in [-0.2, 0) is 4.79 Å². The van der Waals surface area contributed by atoms with Crippen LogP contribution in [0, 0.1) is 5.92 Å². The zero-order chi connectivity index (χ0) is 9.42. The molecule has 74 valence electrons. The molecule has 1 amide bonds. The second kappa shape index (κ2) is 3.29. The molecule has 3 heteroatoms. The summed E-state index contributed by atoms with van der Waals surface area (Å²) in [7, 11) is 2.13. The van der Waals surface area contributed by atoms with Crippen molar-refractivity contribution in [1.29, 1.82) is 0 Å². The quantitative estimate of drug-likeness (QED) is 0.591. The normalized spacial score (nSPS) is 36.2. The zero-order valence-electron chi connectivity index (χ0n) is 8.49. The van der Waals surface area contributed by atoms with Crippen LogP contribution in [0.1, 0.15) is 19.8 Å². The first kappa shape index (κ1) is 9.00. The van der Waals surface area contributed by atoms with E-state index in [1.165, 1.54) is 0 Å². The van der Waals surface area contributed by atoms with E-state index in [-0.39, 0.29) is 5.92 Å². The summed E-state index contributed by atoms with van der Waals surface area (Å²) >= 11 is 0. The van der Waals surface area contributed by atoms with Gasteiger partial charge in [-0.3, -0.25) is 4.79 Å². The monoisotopic (exact) mass is 182 g/mol. The highest BCUT2D eigenvalue weighted by atomic mass is 16.2. The molecule has 0 aromatic heterocycles. The van der Waals surface area contributed by atoms with E-state index in [9.17, 15) is 4.79 Å². The van der Waals surface area contributed by atoms with Gasteiger partial charge in [0.05, 0.1) is 0 Å². The minimum Gasteiger partial charge on any atom is -0.338 e. The van der Waals surface area contributed by atoms with Crippen molar-refractivity contribution in [3.8, 4) is 0 Å². The summed E-state index contributed by atoms with van der Waals surface area (Å²) in [5.74, 6) is 0.645. The highest BCUT2D eigenvalue weighted by molar-refractivity contribution is 5.80. The predicted octanol–water partition coefficient (Wildman–Crippen LogP) is 0.559. The fraction of sp³-hybridized carbons (Fsp3) is 0.900. The van der Waals surface area contributed by atoms with E-state index in [0.717, 1.165) is 32.5 Å². The molecule has 0 radical (unpaired) electrons. The van der Waals surface area contributed by atoms with Gasteiger partial charge >= 0.3 is 0 Å². The van der Waals surface area contributed by atoms with E-state index in [4.69, 9.17) is 0 Å². The van der Waals surface area contributed by atoms with Gasteiger partial charge in [-0.2, -0.15) is 0 Å². The van der Waals surface area contributed by atoms with Gasteiger partial charge in [-0.25, -0.2) is 0 Å². The van der Waals surface area contributed by atoms with Gasteiger partial charge in [0, 0.05) is 25.0 Å². The van der Waals surface area contributed by atoms with Gasteiger partial charge in [0.1, 0.15) is 0 Å². The molecule has 0 aromatic rings. The van der Waals surface area contributed by atoms with Gasteiger partial charge in [0.25, 0.3) is 0 Å². The Kier molecular flexibility index (Phi) is 2.28. The van der Waals surface area contributed by atoms with E-state index in [0.29, 0.717) is 11.9 Å². The molecule has 3 nitrogen and oxygen atoms in total. The maximum atomic E-state index is 11.7. The third-order valence-electron chi connectivity index (χ3n) is 3.31. The fourth-order valence-corrected chi connectivity index (χ4v) is 2.38. The second-order valence-electron chi connectivity index (χ2n) is 4.43. The topological polar surface area (TPSA) is 23.6 Å². The van der Waals surface area contributed by atoms with E-state index < -0.39 is 0 Å². The van der Waals surface area contributed by atoms with Crippen molar-refractivity contribution < 1.29 is 4.79 Å². The van der Waals surface area contributed by atoms with E-state index in [2.05, 4.69) is 16.8 Å². The zero-order valence-corrected chi connectivity index (χ0v) is 8.49. The average molecular weight is 182 g/mol. The van der Waals surface area contributed by atoms with Gasteiger partial charge in [0.2, 0.25) is 5.91 Å². The Labute approximate surface area is 79.7 Å². The van der Waals surface area contributed by atoms with Gasteiger partial charge in [-0.05, 0) is 26.4 Å². The molecule has 2 aliphatic heterocycles. The Balaban J connectivity index is 1.98. The Morgan fingerprint density at radius 2 is 2.08 bits per heavy atom. The van der Waals surface area contributed by atoms with Crippen molar-refractivity contribution in [3.63, 3.8) is 0 Å². The number of amides is 1.